The molecule has 1 aromatic rings. The van der Waals surface area contributed by atoms with E-state index in [9.17, 15) is 13.2 Å². The fourth-order valence-corrected chi connectivity index (χ4v) is 2.26. The first-order valence-corrected chi connectivity index (χ1v) is 6.17. The van der Waals surface area contributed by atoms with Gasteiger partial charge in [0.2, 0.25) is 10.0 Å². The van der Waals surface area contributed by atoms with Crippen molar-refractivity contribution in [1.29, 1.82) is 0 Å². The molecule has 6 nitrogen and oxygen atoms in total. The number of nitrogens with one attached hydrogen (secondary N) is 1. The first kappa shape index (κ1) is 12.6. The smallest absolute Gasteiger partial charge is 0.320 e. The SMILES string of the molecule is C[C@@H](NS(=O)(=O)CC(=O)O)c1cccnc1. The molecule has 88 valence electrons. The molecule has 2 N–H and O–H groups in total. The zero-order chi connectivity index (χ0) is 12.2. The standard InChI is InChI=1S/C9H12N2O4S/c1-7(8-3-2-4-10-5-8)11-16(14,15)6-9(12)13/h2-5,7,11H,6H2,1H3,(H,12,13)/t7-/m1/s1. The lowest BCUT2D eigenvalue weighted by atomic mass is 10.2. The Morgan fingerprint density at radius 1 is 1.62 bits per heavy atom. The maximum Gasteiger partial charge on any atom is 0.320 e. The molecule has 0 amide bonds. The molecule has 1 rings (SSSR count). The minimum Gasteiger partial charge on any atom is -0.480 e. The molecule has 0 aromatic carbocycles. The van der Waals surface area contributed by atoms with E-state index in [-0.39, 0.29) is 0 Å². The maximum absolute atomic E-state index is 11.3. The second-order valence-electron chi connectivity index (χ2n) is 3.28. The van der Waals surface area contributed by atoms with Crippen LogP contribution in [-0.4, -0.2) is 30.2 Å². The number of sulfonamides is 1. The number of hydrogen-bond donors (Lipinski definition) is 2. The first-order chi connectivity index (χ1) is 7.41. The van der Waals surface area contributed by atoms with Crippen molar-refractivity contribution in [1.82, 2.24) is 9.71 Å². The number of carboxylic acids is 1. The van der Waals surface area contributed by atoms with Crippen molar-refractivity contribution in [2.75, 3.05) is 5.75 Å². The molecule has 1 atom stereocenters. The van der Waals surface area contributed by atoms with Crippen LogP contribution in [0, 0.1) is 0 Å². The highest BCUT2D eigenvalue weighted by atomic mass is 32.2. The summed E-state index contributed by atoms with van der Waals surface area (Å²) in [6, 6.07) is 2.89. The van der Waals surface area contributed by atoms with E-state index in [2.05, 4.69) is 9.71 Å². The second kappa shape index (κ2) is 5.04. The summed E-state index contributed by atoms with van der Waals surface area (Å²) in [7, 11) is -3.81. The Labute approximate surface area is 93.4 Å². The van der Waals surface area contributed by atoms with Crippen molar-refractivity contribution in [2.45, 2.75) is 13.0 Å². The van der Waals surface area contributed by atoms with E-state index in [4.69, 9.17) is 5.11 Å². The average Bonchev–Trinajstić information content (AvgIpc) is 2.16. The monoisotopic (exact) mass is 244 g/mol. The molecular weight excluding hydrogens is 232 g/mol. The lowest BCUT2D eigenvalue weighted by molar-refractivity contribution is -0.134. The summed E-state index contributed by atoms with van der Waals surface area (Å²) < 4.78 is 24.9. The van der Waals surface area contributed by atoms with Crippen molar-refractivity contribution >= 4 is 16.0 Å². The van der Waals surface area contributed by atoms with E-state index in [0.29, 0.717) is 5.56 Å². The molecule has 16 heavy (non-hydrogen) atoms. The van der Waals surface area contributed by atoms with Gasteiger partial charge in [-0.15, -0.1) is 0 Å². The Kier molecular flexibility index (Phi) is 3.97. The third-order valence-electron chi connectivity index (χ3n) is 1.85. The van der Waals surface area contributed by atoms with Gasteiger partial charge >= 0.3 is 5.97 Å². The average molecular weight is 244 g/mol. The van der Waals surface area contributed by atoms with E-state index < -0.39 is 27.8 Å². The summed E-state index contributed by atoms with van der Waals surface area (Å²) in [5, 5.41) is 8.40. The van der Waals surface area contributed by atoms with Gasteiger partial charge in [0.25, 0.3) is 0 Å². The number of carbonyl (C=O) groups is 1. The summed E-state index contributed by atoms with van der Waals surface area (Å²) >= 11 is 0. The van der Waals surface area contributed by atoms with Crippen LogP contribution < -0.4 is 4.72 Å². The van der Waals surface area contributed by atoms with E-state index in [0.717, 1.165) is 0 Å². The minimum atomic E-state index is -3.81. The Morgan fingerprint density at radius 3 is 2.81 bits per heavy atom. The largest absolute Gasteiger partial charge is 0.480 e. The normalized spacial score (nSPS) is 13.3. The summed E-state index contributed by atoms with van der Waals surface area (Å²) in [5.74, 6) is -2.32. The van der Waals surface area contributed by atoms with E-state index >= 15 is 0 Å². The second-order valence-corrected chi connectivity index (χ2v) is 5.03. The Bertz CT molecular complexity index is 458. The molecule has 1 heterocycles. The summed E-state index contributed by atoms with van der Waals surface area (Å²) in [6.45, 7) is 1.62. The molecule has 0 aliphatic rings. The molecule has 0 aliphatic heterocycles. The highest BCUT2D eigenvalue weighted by Crippen LogP contribution is 2.10. The lowest BCUT2D eigenvalue weighted by Gasteiger charge is -2.12. The number of nitrogens with zero attached hydrogens (tertiary/aromatic N) is 1. The summed E-state index contributed by atoms with van der Waals surface area (Å²) in [6.07, 6.45) is 3.09. The third-order valence-corrected chi connectivity index (χ3v) is 3.19. The first-order valence-electron chi connectivity index (χ1n) is 4.52. The number of carboxylic acid groups (broad SMARTS) is 1. The Balaban J connectivity index is 2.72. The zero-order valence-corrected chi connectivity index (χ0v) is 9.44. The van der Waals surface area contributed by atoms with Crippen molar-refractivity contribution < 1.29 is 18.3 Å². The molecule has 0 saturated heterocycles. The predicted molar refractivity (Wildman–Crippen MR) is 57.2 cm³/mol. The van der Waals surface area contributed by atoms with Gasteiger partial charge in [-0.05, 0) is 18.6 Å². The van der Waals surface area contributed by atoms with Crippen LogP contribution in [0.1, 0.15) is 18.5 Å². The van der Waals surface area contributed by atoms with Crippen LogP contribution >= 0.6 is 0 Å². The number of rotatable bonds is 5. The van der Waals surface area contributed by atoms with Crippen molar-refractivity contribution in [3.8, 4) is 0 Å². The van der Waals surface area contributed by atoms with E-state index in [1.165, 1.54) is 6.20 Å². The van der Waals surface area contributed by atoms with Crippen LogP contribution in [0.15, 0.2) is 24.5 Å². The van der Waals surface area contributed by atoms with Crippen LogP contribution in [0.2, 0.25) is 0 Å². The van der Waals surface area contributed by atoms with Crippen molar-refractivity contribution in [3.63, 3.8) is 0 Å². The molecule has 0 radical (unpaired) electrons. The molecule has 0 aliphatic carbocycles. The van der Waals surface area contributed by atoms with Crippen LogP contribution in [-0.2, 0) is 14.8 Å². The van der Waals surface area contributed by atoms with Gasteiger partial charge in [0.05, 0.1) is 0 Å². The Morgan fingerprint density at radius 2 is 2.31 bits per heavy atom. The third kappa shape index (κ3) is 3.95. The Hall–Kier alpha value is -1.47. The topological polar surface area (TPSA) is 96.4 Å². The van der Waals surface area contributed by atoms with Gasteiger partial charge in [-0.2, -0.15) is 0 Å². The van der Waals surface area contributed by atoms with Gasteiger partial charge < -0.3 is 5.11 Å². The van der Waals surface area contributed by atoms with Crippen LogP contribution in [0.4, 0.5) is 0 Å². The van der Waals surface area contributed by atoms with E-state index in [1.54, 1.807) is 25.3 Å². The van der Waals surface area contributed by atoms with Gasteiger partial charge in [-0.3, -0.25) is 9.78 Å². The van der Waals surface area contributed by atoms with Crippen molar-refractivity contribution in [3.05, 3.63) is 30.1 Å². The molecule has 0 bridgehead atoms. The van der Waals surface area contributed by atoms with Crippen molar-refractivity contribution in [2.24, 2.45) is 0 Å². The van der Waals surface area contributed by atoms with Gasteiger partial charge in [0.15, 0.2) is 5.75 Å². The van der Waals surface area contributed by atoms with Gasteiger partial charge in [-0.1, -0.05) is 6.07 Å². The molecule has 0 saturated carbocycles. The van der Waals surface area contributed by atoms with Crippen LogP contribution in [0.5, 0.6) is 0 Å². The molecule has 0 fully saturated rings. The zero-order valence-electron chi connectivity index (χ0n) is 8.62. The summed E-state index contributed by atoms with van der Waals surface area (Å²) in [5.41, 5.74) is 0.677. The maximum atomic E-state index is 11.3. The van der Waals surface area contributed by atoms with E-state index in [1.807, 2.05) is 0 Å². The summed E-state index contributed by atoms with van der Waals surface area (Å²) in [4.78, 5) is 14.1. The van der Waals surface area contributed by atoms with Gasteiger partial charge in [0, 0.05) is 18.4 Å². The molecule has 1 aromatic heterocycles. The minimum absolute atomic E-state index is 0.502. The molecular formula is C9H12N2O4S. The molecule has 0 spiro atoms. The van der Waals surface area contributed by atoms with Gasteiger partial charge in [-0.25, -0.2) is 13.1 Å². The van der Waals surface area contributed by atoms with Crippen LogP contribution in [0.25, 0.3) is 0 Å². The quantitative estimate of drug-likeness (QED) is 0.768. The number of aliphatic carboxylic acids is 1. The fourth-order valence-electron chi connectivity index (χ4n) is 1.17. The van der Waals surface area contributed by atoms with Gasteiger partial charge in [0.1, 0.15) is 0 Å². The predicted octanol–water partition coefficient (Wildman–Crippen LogP) is 0.147. The molecule has 7 heteroatoms. The number of pyridine rings is 1. The lowest BCUT2D eigenvalue weighted by Crippen LogP contribution is -2.32. The molecule has 0 unspecified atom stereocenters. The highest BCUT2D eigenvalue weighted by Gasteiger charge is 2.19. The number of aromatic nitrogens is 1. The van der Waals surface area contributed by atoms with Crippen LogP contribution in [0.3, 0.4) is 0 Å². The highest BCUT2D eigenvalue weighted by molar-refractivity contribution is 7.90. The fraction of sp³-hybridized carbons (Fsp3) is 0.333. The number of hydrogen-bond acceptors (Lipinski definition) is 4.